The minimum atomic E-state index is -3.79. The van der Waals surface area contributed by atoms with Gasteiger partial charge in [-0.05, 0) is 54.7 Å². The molecule has 5 rings (SSSR count). The highest BCUT2D eigenvalue weighted by molar-refractivity contribution is 7.82. The molecule has 14 heteroatoms. The van der Waals surface area contributed by atoms with Crippen molar-refractivity contribution in [1.82, 2.24) is 15.4 Å². The number of rotatable bonds is 17. The number of carbonyl (C=O) groups excluding carboxylic acids is 5. The fraction of sp³-hybridized carbons (Fsp3) is 0.310. The van der Waals surface area contributed by atoms with Crippen molar-refractivity contribution in [3.63, 3.8) is 0 Å². The van der Waals surface area contributed by atoms with E-state index in [1.54, 1.807) is 72.8 Å². The van der Waals surface area contributed by atoms with Gasteiger partial charge in [0.2, 0.25) is 11.8 Å². The lowest BCUT2D eigenvalue weighted by atomic mass is 9.84. The van der Waals surface area contributed by atoms with Gasteiger partial charge in [0.25, 0.3) is 7.37 Å². The Morgan fingerprint density at radius 1 is 0.732 bits per heavy atom. The van der Waals surface area contributed by atoms with Gasteiger partial charge in [0.05, 0.1) is 6.04 Å². The molecule has 0 aliphatic heterocycles. The summed E-state index contributed by atoms with van der Waals surface area (Å²) < 4.78 is 34.3. The second-order valence-electron chi connectivity index (χ2n) is 13.7. The van der Waals surface area contributed by atoms with E-state index in [2.05, 4.69) is 20.7 Å². The first-order valence-electron chi connectivity index (χ1n) is 18.6. The normalized spacial score (nSPS) is 14.7. The molecule has 0 heterocycles. The molecule has 1 saturated carbocycles. The highest BCUT2D eigenvalue weighted by Gasteiger charge is 2.34. The minimum Gasteiger partial charge on any atom is -0.344 e. The highest BCUT2D eigenvalue weighted by atomic mass is 32.2. The van der Waals surface area contributed by atoms with E-state index in [4.69, 9.17) is 4.52 Å². The van der Waals surface area contributed by atoms with Crippen molar-refractivity contribution in [3.8, 4) is 11.1 Å². The summed E-state index contributed by atoms with van der Waals surface area (Å²) in [5.41, 5.74) is 1.95. The van der Waals surface area contributed by atoms with Gasteiger partial charge in [0, 0.05) is 34.5 Å². The second-order valence-corrected chi connectivity index (χ2v) is 17.2. The highest BCUT2D eigenvalue weighted by Crippen LogP contribution is 2.44. The number of ketones is 1. The van der Waals surface area contributed by atoms with E-state index in [9.17, 15) is 32.7 Å². The average molecular weight is 799 g/mol. The average Bonchev–Trinajstić information content (AvgIpc) is 3.22. The van der Waals surface area contributed by atoms with Crippen molar-refractivity contribution in [2.75, 3.05) is 18.2 Å². The van der Waals surface area contributed by atoms with Gasteiger partial charge in [-0.25, -0.2) is 4.21 Å². The Labute approximate surface area is 329 Å². The van der Waals surface area contributed by atoms with Gasteiger partial charge in [0.1, 0.15) is 23.6 Å². The van der Waals surface area contributed by atoms with E-state index < -0.39 is 66.5 Å². The van der Waals surface area contributed by atoms with Crippen LogP contribution in [0.25, 0.3) is 11.1 Å². The Kier molecular flexibility index (Phi) is 15.4. The summed E-state index contributed by atoms with van der Waals surface area (Å²) >= 11 is 0. The zero-order valence-electron chi connectivity index (χ0n) is 31.2. The van der Waals surface area contributed by atoms with Gasteiger partial charge >= 0.3 is 11.8 Å². The van der Waals surface area contributed by atoms with Crippen LogP contribution in [-0.2, 0) is 44.0 Å². The van der Waals surface area contributed by atoms with Gasteiger partial charge in [0.15, 0.2) is 5.78 Å². The molecule has 12 nitrogen and oxygen atoms in total. The molecule has 4 N–H and O–H groups in total. The van der Waals surface area contributed by atoms with Crippen LogP contribution in [0, 0.1) is 5.92 Å². The molecule has 4 amide bonds. The molecule has 56 heavy (non-hydrogen) atoms. The number of anilines is 1. The fourth-order valence-electron chi connectivity index (χ4n) is 6.73. The topological polar surface area (TPSA) is 177 Å². The lowest BCUT2D eigenvalue weighted by Crippen LogP contribution is -2.54. The van der Waals surface area contributed by atoms with E-state index in [1.807, 2.05) is 42.5 Å². The van der Waals surface area contributed by atoms with Crippen LogP contribution < -0.4 is 31.3 Å². The molecule has 4 aromatic carbocycles. The minimum absolute atomic E-state index is 0.0760. The molecule has 1 aliphatic rings. The van der Waals surface area contributed by atoms with Crippen LogP contribution in [0.5, 0.6) is 0 Å². The maximum Gasteiger partial charge on any atom is 0.313 e. The Morgan fingerprint density at radius 2 is 1.30 bits per heavy atom. The summed E-state index contributed by atoms with van der Waals surface area (Å²) in [6.07, 6.45) is 5.64. The molecule has 3 unspecified atom stereocenters. The Morgan fingerprint density at radius 3 is 1.91 bits per heavy atom. The monoisotopic (exact) mass is 798 g/mol. The molecule has 0 bridgehead atoms. The number of hydrogen-bond acceptors (Lipinski definition) is 8. The molecule has 1 aliphatic carbocycles. The fourth-order valence-corrected chi connectivity index (χ4v) is 9.18. The third-order valence-corrected chi connectivity index (χ3v) is 12.5. The Balaban J connectivity index is 1.35. The summed E-state index contributed by atoms with van der Waals surface area (Å²) in [5.74, 6) is -3.95. The Bertz CT molecular complexity index is 2000. The molecular formula is C42H47N4O8PS. The van der Waals surface area contributed by atoms with Gasteiger partial charge < -0.3 is 20.5 Å². The van der Waals surface area contributed by atoms with Crippen molar-refractivity contribution in [2.45, 2.75) is 63.5 Å². The number of amides is 4. The third-order valence-electron chi connectivity index (χ3n) is 9.59. The van der Waals surface area contributed by atoms with Crippen LogP contribution in [0.15, 0.2) is 115 Å². The zero-order chi connectivity index (χ0) is 39.9. The zero-order valence-corrected chi connectivity index (χ0v) is 32.9. The molecule has 3 atom stereocenters. The van der Waals surface area contributed by atoms with Crippen molar-refractivity contribution < 1.29 is 37.3 Å². The molecule has 0 spiro atoms. The van der Waals surface area contributed by atoms with E-state index in [0.29, 0.717) is 21.9 Å². The number of para-hydroxylation sites is 1. The Hall–Kier alpha value is -5.23. The summed E-state index contributed by atoms with van der Waals surface area (Å²) in [4.78, 5) is 67.3. The number of nitrogens with one attached hydrogen (secondary N) is 4. The van der Waals surface area contributed by atoms with E-state index >= 15 is 0 Å². The van der Waals surface area contributed by atoms with Crippen LogP contribution in [0.2, 0.25) is 0 Å². The molecular weight excluding hydrogens is 752 g/mol. The van der Waals surface area contributed by atoms with Crippen LogP contribution >= 0.6 is 7.37 Å². The standard InChI is InChI=1S/C42H47N4O8PS/c1-56(53)46-39(48)27-26-36(38(47)29-54-55(52,32-20-10-4-11-21-32)33-22-12-5-13-23-33)44-40(49)37(28-30-16-6-2-7-17-30)45-42(51)41(50)43-35-25-15-14-24-34(35)31-18-8-3-9-19-31/h3-5,8-15,18-25,30,36-37H,2,6-7,16-17,26-29H2,1H3,(H,43,50)(H,44,49)(H,45,51)(H,46,48). The molecule has 4 aromatic rings. The summed E-state index contributed by atoms with van der Waals surface area (Å²) in [6, 6.07) is 30.8. The number of hydrogen-bond donors (Lipinski definition) is 4. The lowest BCUT2D eigenvalue weighted by Gasteiger charge is -2.28. The SMILES string of the molecule is CS(=O)NC(=O)CCC(NC(=O)C(CC1CCCCC1)NC(=O)C(=O)Nc1ccccc1-c1ccccc1)C(=O)COP(=O)(c1ccccc1)c1ccccc1. The second kappa shape index (κ2) is 20.6. The lowest BCUT2D eigenvalue weighted by molar-refractivity contribution is -0.138. The summed E-state index contributed by atoms with van der Waals surface area (Å²) in [5, 5.41) is 8.71. The van der Waals surface area contributed by atoms with Gasteiger partial charge in [-0.15, -0.1) is 0 Å². The van der Waals surface area contributed by atoms with Gasteiger partial charge in [-0.2, -0.15) is 0 Å². The molecule has 1 fully saturated rings. The van der Waals surface area contributed by atoms with Gasteiger partial charge in [-0.1, -0.05) is 117 Å². The quantitative estimate of drug-likeness (QED) is 0.0859. The van der Waals surface area contributed by atoms with E-state index in [-0.39, 0.29) is 25.2 Å². The predicted octanol–water partition coefficient (Wildman–Crippen LogP) is 4.94. The van der Waals surface area contributed by atoms with Crippen molar-refractivity contribution >= 4 is 64.1 Å². The molecule has 0 radical (unpaired) electrons. The van der Waals surface area contributed by atoms with Crippen molar-refractivity contribution in [2.24, 2.45) is 5.92 Å². The first-order valence-corrected chi connectivity index (χ1v) is 21.8. The smallest absolute Gasteiger partial charge is 0.313 e. The number of benzene rings is 4. The van der Waals surface area contributed by atoms with E-state index in [0.717, 1.165) is 37.7 Å². The first-order chi connectivity index (χ1) is 27.0. The largest absolute Gasteiger partial charge is 0.344 e. The van der Waals surface area contributed by atoms with Crippen molar-refractivity contribution in [1.29, 1.82) is 0 Å². The molecule has 294 valence electrons. The molecule has 0 aromatic heterocycles. The van der Waals surface area contributed by atoms with E-state index in [1.165, 1.54) is 6.26 Å². The first kappa shape index (κ1) is 41.9. The maximum absolute atomic E-state index is 14.5. The van der Waals surface area contributed by atoms with Crippen LogP contribution in [0.4, 0.5) is 5.69 Å². The maximum atomic E-state index is 14.5. The summed E-state index contributed by atoms with van der Waals surface area (Å²) in [7, 11) is -5.45. The van der Waals surface area contributed by atoms with Crippen LogP contribution in [0.3, 0.4) is 0 Å². The summed E-state index contributed by atoms with van der Waals surface area (Å²) in [6.45, 7) is -0.684. The van der Waals surface area contributed by atoms with Gasteiger partial charge in [-0.3, -0.25) is 33.3 Å². The number of carbonyl (C=O) groups is 5. The van der Waals surface area contributed by atoms with Crippen molar-refractivity contribution in [3.05, 3.63) is 115 Å². The van der Waals surface area contributed by atoms with Crippen LogP contribution in [-0.4, -0.2) is 58.6 Å². The van der Waals surface area contributed by atoms with Crippen LogP contribution in [0.1, 0.15) is 51.4 Å². The predicted molar refractivity (Wildman–Crippen MR) is 218 cm³/mol. The third kappa shape index (κ3) is 11.9. The molecule has 0 saturated heterocycles. The number of Topliss-reactive ketones (excluding diaryl/α,β-unsaturated/α-hetero) is 1.